The number of rotatable bonds is 6. The van der Waals surface area contributed by atoms with E-state index < -0.39 is 0 Å². The van der Waals surface area contributed by atoms with Crippen LogP contribution in [0.3, 0.4) is 0 Å². The summed E-state index contributed by atoms with van der Waals surface area (Å²) in [6.45, 7) is 4.36. The molecule has 0 spiro atoms. The Balaban J connectivity index is 1.15. The fourth-order valence-electron chi connectivity index (χ4n) is 8.10. The summed E-state index contributed by atoms with van der Waals surface area (Å²) >= 11 is 0. The SMILES string of the molecule is C=NC(=NC(=NCc1ccccc1)c1ccc2c3ccc(-n4c5ccccc5c5cc(-c6ccccc6)ccc54)cc3c3ccccc3c2c1)c1ccccc1. The molecule has 0 amide bonds. The second-order valence-electron chi connectivity index (χ2n) is 14.1. The van der Waals surface area contributed by atoms with Gasteiger partial charge in [-0.3, -0.25) is 4.99 Å². The van der Waals surface area contributed by atoms with E-state index in [9.17, 15) is 0 Å². The maximum atomic E-state index is 5.08. The zero-order valence-corrected chi connectivity index (χ0v) is 30.7. The maximum Gasteiger partial charge on any atom is 0.161 e. The largest absolute Gasteiger partial charge is 0.309 e. The number of aromatic nitrogens is 1. The maximum absolute atomic E-state index is 5.08. The van der Waals surface area contributed by atoms with Crippen LogP contribution in [0.1, 0.15) is 16.7 Å². The second-order valence-corrected chi connectivity index (χ2v) is 14.1. The van der Waals surface area contributed by atoms with Gasteiger partial charge in [-0.05, 0) is 92.1 Å². The van der Waals surface area contributed by atoms with Gasteiger partial charge in [0.1, 0.15) is 0 Å². The van der Waals surface area contributed by atoms with Crippen LogP contribution in [0.25, 0.3) is 70.9 Å². The van der Waals surface area contributed by atoms with E-state index in [1.807, 2.05) is 48.5 Å². The Kier molecular flexibility index (Phi) is 8.34. The molecule has 9 aromatic carbocycles. The first-order valence-electron chi connectivity index (χ1n) is 18.9. The average Bonchev–Trinajstić information content (AvgIpc) is 3.61. The molecule has 4 nitrogen and oxygen atoms in total. The number of amidine groups is 2. The molecule has 0 aliphatic carbocycles. The Labute approximate surface area is 325 Å². The summed E-state index contributed by atoms with van der Waals surface area (Å²) in [4.78, 5) is 14.5. The standard InChI is InChI=1S/C52H36N4/c1-53-51(37-19-9-4-10-20-37)55-52(54-34-35-15-5-2-6-16-35)39-25-28-43-44-29-27-40(33-47(44)42-22-12-11-21-41(42)46(43)32-39)56-49-24-14-13-23-45(49)48-31-38(26-30-50(48)56)36-17-7-3-8-18-36/h2-33H,1,34H2. The van der Waals surface area contributed by atoms with Crippen LogP contribution in [-0.2, 0) is 6.54 Å². The molecule has 10 rings (SSSR count). The van der Waals surface area contributed by atoms with Gasteiger partial charge < -0.3 is 4.57 Å². The van der Waals surface area contributed by atoms with Gasteiger partial charge in [-0.2, -0.15) is 0 Å². The molecule has 4 heteroatoms. The minimum Gasteiger partial charge on any atom is -0.309 e. The summed E-state index contributed by atoms with van der Waals surface area (Å²) in [5, 5.41) is 9.61. The first-order valence-corrected chi connectivity index (χ1v) is 18.9. The van der Waals surface area contributed by atoms with Crippen molar-refractivity contribution in [2.24, 2.45) is 15.0 Å². The molecule has 0 fully saturated rings. The van der Waals surface area contributed by atoms with Crippen molar-refractivity contribution < 1.29 is 0 Å². The number of benzene rings is 9. The molecule has 264 valence electrons. The van der Waals surface area contributed by atoms with E-state index in [1.54, 1.807) is 0 Å². The predicted molar refractivity (Wildman–Crippen MR) is 238 cm³/mol. The van der Waals surface area contributed by atoms with Crippen molar-refractivity contribution in [3.63, 3.8) is 0 Å². The molecule has 0 bridgehead atoms. The second kappa shape index (κ2) is 14.1. The summed E-state index contributed by atoms with van der Waals surface area (Å²) in [7, 11) is 0. The Morgan fingerprint density at radius 1 is 0.411 bits per heavy atom. The minimum atomic E-state index is 0.495. The minimum absolute atomic E-state index is 0.495. The van der Waals surface area contributed by atoms with Gasteiger partial charge in [0.25, 0.3) is 0 Å². The highest BCUT2D eigenvalue weighted by Gasteiger charge is 2.17. The summed E-state index contributed by atoms with van der Waals surface area (Å²) in [6.07, 6.45) is 0. The van der Waals surface area contributed by atoms with Gasteiger partial charge >= 0.3 is 0 Å². The van der Waals surface area contributed by atoms with Gasteiger partial charge in [0.15, 0.2) is 11.7 Å². The fourth-order valence-corrected chi connectivity index (χ4v) is 8.10. The Morgan fingerprint density at radius 2 is 1.00 bits per heavy atom. The van der Waals surface area contributed by atoms with E-state index in [2.05, 4.69) is 162 Å². The van der Waals surface area contributed by atoms with Crippen LogP contribution in [0.5, 0.6) is 0 Å². The van der Waals surface area contributed by atoms with Crippen LogP contribution >= 0.6 is 0 Å². The van der Waals surface area contributed by atoms with Crippen molar-refractivity contribution in [2.75, 3.05) is 0 Å². The summed E-state index contributed by atoms with van der Waals surface area (Å²) in [6, 6.07) is 68.6. The van der Waals surface area contributed by atoms with Crippen LogP contribution in [0.4, 0.5) is 0 Å². The molecule has 0 radical (unpaired) electrons. The van der Waals surface area contributed by atoms with E-state index in [0.717, 1.165) is 27.8 Å². The Morgan fingerprint density at radius 3 is 1.73 bits per heavy atom. The van der Waals surface area contributed by atoms with Gasteiger partial charge in [-0.1, -0.05) is 158 Å². The van der Waals surface area contributed by atoms with Crippen molar-refractivity contribution in [2.45, 2.75) is 6.54 Å². The lowest BCUT2D eigenvalue weighted by molar-refractivity contribution is 1.06. The number of hydrogen-bond donors (Lipinski definition) is 0. The molecule has 1 aromatic heterocycles. The number of aliphatic imine (C=N–C) groups is 3. The van der Waals surface area contributed by atoms with E-state index in [4.69, 9.17) is 9.98 Å². The van der Waals surface area contributed by atoms with Crippen molar-refractivity contribution in [3.05, 3.63) is 211 Å². The Hall–Kier alpha value is -7.43. The van der Waals surface area contributed by atoms with Crippen molar-refractivity contribution in [1.82, 2.24) is 4.57 Å². The molecule has 0 N–H and O–H groups in total. The van der Waals surface area contributed by atoms with Gasteiger partial charge in [0.2, 0.25) is 0 Å². The van der Waals surface area contributed by atoms with E-state index in [0.29, 0.717) is 18.2 Å². The van der Waals surface area contributed by atoms with Crippen molar-refractivity contribution in [3.8, 4) is 16.8 Å². The van der Waals surface area contributed by atoms with Crippen LogP contribution in [0, 0.1) is 0 Å². The lowest BCUT2D eigenvalue weighted by Gasteiger charge is -2.15. The summed E-state index contributed by atoms with van der Waals surface area (Å²) in [5.41, 5.74) is 8.87. The highest BCUT2D eigenvalue weighted by Crippen LogP contribution is 2.39. The van der Waals surface area contributed by atoms with Gasteiger partial charge in [-0.15, -0.1) is 0 Å². The third-order valence-electron chi connectivity index (χ3n) is 10.8. The average molecular weight is 717 g/mol. The zero-order chi connectivity index (χ0) is 37.4. The third-order valence-corrected chi connectivity index (χ3v) is 10.8. The highest BCUT2D eigenvalue weighted by atomic mass is 15.0. The topological polar surface area (TPSA) is 42.0 Å². The van der Waals surface area contributed by atoms with Gasteiger partial charge in [0.05, 0.1) is 17.6 Å². The first kappa shape index (κ1) is 33.2. The van der Waals surface area contributed by atoms with Gasteiger partial charge in [0, 0.05) is 27.6 Å². The van der Waals surface area contributed by atoms with E-state index in [-0.39, 0.29) is 0 Å². The number of nitrogens with zero attached hydrogens (tertiary/aromatic N) is 4. The number of hydrogen-bond acceptors (Lipinski definition) is 1. The Bertz CT molecular complexity index is 3140. The van der Waals surface area contributed by atoms with Crippen molar-refractivity contribution in [1.29, 1.82) is 0 Å². The number of fused-ring (bicyclic) bond motifs is 9. The smallest absolute Gasteiger partial charge is 0.161 e. The summed E-state index contributed by atoms with van der Waals surface area (Å²) in [5.74, 6) is 1.15. The van der Waals surface area contributed by atoms with E-state index in [1.165, 1.54) is 59.9 Å². The lowest BCUT2D eigenvalue weighted by atomic mass is 9.92. The lowest BCUT2D eigenvalue weighted by Crippen LogP contribution is -2.05. The molecule has 56 heavy (non-hydrogen) atoms. The zero-order valence-electron chi connectivity index (χ0n) is 30.7. The monoisotopic (exact) mass is 716 g/mol. The molecule has 0 aliphatic heterocycles. The predicted octanol–water partition coefficient (Wildman–Crippen LogP) is 13.0. The van der Waals surface area contributed by atoms with E-state index >= 15 is 0 Å². The molecule has 1 heterocycles. The summed E-state index contributed by atoms with van der Waals surface area (Å²) < 4.78 is 2.41. The fraction of sp³-hybridized carbons (Fsp3) is 0.0192. The molecule has 0 atom stereocenters. The van der Waals surface area contributed by atoms with Crippen LogP contribution in [0.2, 0.25) is 0 Å². The van der Waals surface area contributed by atoms with Gasteiger partial charge in [-0.25, -0.2) is 9.98 Å². The van der Waals surface area contributed by atoms with Crippen LogP contribution < -0.4 is 0 Å². The third kappa shape index (κ3) is 5.85. The van der Waals surface area contributed by atoms with Crippen LogP contribution in [0.15, 0.2) is 209 Å². The number of para-hydroxylation sites is 1. The molecule has 0 aliphatic rings. The molecular weight excluding hydrogens is 681 g/mol. The van der Waals surface area contributed by atoms with Crippen molar-refractivity contribution >= 4 is 72.5 Å². The quantitative estimate of drug-likeness (QED) is 0.0934. The molecule has 0 saturated carbocycles. The van der Waals surface area contributed by atoms with Crippen LogP contribution in [-0.4, -0.2) is 23.0 Å². The molecule has 10 aromatic rings. The molecule has 0 saturated heterocycles. The normalized spacial score (nSPS) is 12.3. The molecule has 0 unspecified atom stereocenters. The molecular formula is C52H36N4. The first-order chi connectivity index (χ1) is 27.7. The highest BCUT2D eigenvalue weighted by molar-refractivity contribution is 6.27.